The van der Waals surface area contributed by atoms with Crippen molar-refractivity contribution in [1.82, 2.24) is 5.43 Å². The second kappa shape index (κ2) is 8.14. The number of nitro groups is 1. The van der Waals surface area contributed by atoms with Gasteiger partial charge in [0, 0.05) is 17.2 Å². The van der Waals surface area contributed by atoms with Crippen LogP contribution in [0.1, 0.15) is 27.2 Å². The number of rotatable bonds is 5. The van der Waals surface area contributed by atoms with Crippen molar-refractivity contribution in [3.63, 3.8) is 0 Å². The topological polar surface area (TPSA) is 122 Å². The predicted octanol–water partition coefficient (Wildman–Crippen LogP) is 3.94. The summed E-state index contributed by atoms with van der Waals surface area (Å²) >= 11 is 0. The van der Waals surface area contributed by atoms with Gasteiger partial charge in [0.2, 0.25) is 0 Å². The van der Waals surface area contributed by atoms with Gasteiger partial charge in [0.15, 0.2) is 0 Å². The highest BCUT2D eigenvalue weighted by molar-refractivity contribution is 5.95. The molecule has 9 heteroatoms. The van der Waals surface area contributed by atoms with Crippen LogP contribution in [0, 0.1) is 34.2 Å². The van der Waals surface area contributed by atoms with Crippen LogP contribution in [0.2, 0.25) is 0 Å². The van der Waals surface area contributed by atoms with Gasteiger partial charge in [-0.15, -0.1) is 0 Å². The summed E-state index contributed by atoms with van der Waals surface area (Å²) < 4.78 is 19.4. The molecule has 8 nitrogen and oxygen atoms in total. The Morgan fingerprint density at radius 2 is 2.07 bits per heavy atom. The smallest absolute Gasteiger partial charge is 0.274 e. The van der Waals surface area contributed by atoms with Gasteiger partial charge >= 0.3 is 0 Å². The minimum atomic E-state index is -0.835. The molecule has 0 saturated carbocycles. The summed E-state index contributed by atoms with van der Waals surface area (Å²) in [6.07, 6.45) is 1.21. The zero-order valence-corrected chi connectivity index (χ0v) is 15.0. The molecule has 0 unspecified atom stereocenters. The predicted molar refractivity (Wildman–Crippen MR) is 102 cm³/mol. The Kier molecular flexibility index (Phi) is 5.46. The Hall–Kier alpha value is -4.32. The standard InChI is InChI=1S/C20H13FN4O4/c1-12-2-4-14(9-18(12)25(27)28)19-7-5-15(29-19)11-23-24-20(26)16-6-3-13(10-22)8-17(16)21/h2-9,11H,1H3,(H,24,26)/b23-11-. The number of nitriles is 1. The number of amides is 1. The highest BCUT2D eigenvalue weighted by Crippen LogP contribution is 2.27. The van der Waals surface area contributed by atoms with E-state index in [0.717, 1.165) is 6.07 Å². The average Bonchev–Trinajstić information content (AvgIpc) is 3.16. The summed E-state index contributed by atoms with van der Waals surface area (Å²) in [7, 11) is 0. The first-order chi connectivity index (χ1) is 13.9. The van der Waals surface area contributed by atoms with Gasteiger partial charge in [-0.1, -0.05) is 12.1 Å². The number of benzene rings is 2. The van der Waals surface area contributed by atoms with Gasteiger partial charge in [-0.05, 0) is 37.3 Å². The molecule has 0 saturated heterocycles. The first-order valence-corrected chi connectivity index (χ1v) is 8.27. The molecular weight excluding hydrogens is 379 g/mol. The zero-order valence-electron chi connectivity index (χ0n) is 15.0. The van der Waals surface area contributed by atoms with E-state index in [1.54, 1.807) is 37.3 Å². The molecule has 1 heterocycles. The Morgan fingerprint density at radius 3 is 2.76 bits per heavy atom. The maximum absolute atomic E-state index is 13.8. The molecule has 0 radical (unpaired) electrons. The van der Waals surface area contributed by atoms with Crippen molar-refractivity contribution >= 4 is 17.8 Å². The van der Waals surface area contributed by atoms with Crippen LogP contribution in [0.3, 0.4) is 0 Å². The average molecular weight is 392 g/mol. The van der Waals surface area contributed by atoms with Crippen LogP contribution in [0.5, 0.6) is 0 Å². The van der Waals surface area contributed by atoms with Crippen LogP contribution in [-0.4, -0.2) is 17.0 Å². The van der Waals surface area contributed by atoms with E-state index in [1.807, 2.05) is 0 Å². The van der Waals surface area contributed by atoms with Crippen molar-refractivity contribution in [2.75, 3.05) is 0 Å². The van der Waals surface area contributed by atoms with Gasteiger partial charge in [0.1, 0.15) is 17.3 Å². The molecule has 0 fully saturated rings. The molecular formula is C20H13FN4O4. The van der Waals surface area contributed by atoms with E-state index in [-0.39, 0.29) is 22.6 Å². The van der Waals surface area contributed by atoms with Crippen LogP contribution in [-0.2, 0) is 0 Å². The maximum Gasteiger partial charge on any atom is 0.274 e. The molecule has 0 spiro atoms. The normalized spacial score (nSPS) is 10.7. The van der Waals surface area contributed by atoms with Crippen molar-refractivity contribution in [2.24, 2.45) is 5.10 Å². The number of aryl methyl sites for hydroxylation is 1. The largest absolute Gasteiger partial charge is 0.455 e. The lowest BCUT2D eigenvalue weighted by atomic mass is 10.1. The fourth-order valence-electron chi connectivity index (χ4n) is 2.52. The quantitative estimate of drug-likeness (QED) is 0.400. The first-order valence-electron chi connectivity index (χ1n) is 8.27. The minimum absolute atomic E-state index is 0.0224. The van der Waals surface area contributed by atoms with Gasteiger partial charge in [-0.2, -0.15) is 10.4 Å². The van der Waals surface area contributed by atoms with Gasteiger partial charge in [0.05, 0.1) is 28.3 Å². The Bertz CT molecular complexity index is 1180. The number of nitrogens with zero attached hydrogens (tertiary/aromatic N) is 3. The van der Waals surface area contributed by atoms with Crippen LogP contribution >= 0.6 is 0 Å². The summed E-state index contributed by atoms with van der Waals surface area (Å²) in [5.41, 5.74) is 3.04. The summed E-state index contributed by atoms with van der Waals surface area (Å²) in [4.78, 5) is 22.6. The third kappa shape index (κ3) is 4.33. The Balaban J connectivity index is 1.71. The van der Waals surface area contributed by atoms with Crippen molar-refractivity contribution in [2.45, 2.75) is 6.92 Å². The van der Waals surface area contributed by atoms with Crippen molar-refractivity contribution in [1.29, 1.82) is 5.26 Å². The summed E-state index contributed by atoms with van der Waals surface area (Å²) in [5.74, 6) is -0.954. The summed E-state index contributed by atoms with van der Waals surface area (Å²) in [5, 5.41) is 23.5. The lowest BCUT2D eigenvalue weighted by Crippen LogP contribution is -2.19. The third-order valence-electron chi connectivity index (χ3n) is 4.02. The molecule has 0 atom stereocenters. The highest BCUT2D eigenvalue weighted by atomic mass is 19.1. The third-order valence-corrected chi connectivity index (χ3v) is 4.02. The van der Waals surface area contributed by atoms with Gasteiger partial charge in [-0.25, -0.2) is 9.82 Å². The zero-order chi connectivity index (χ0) is 21.0. The molecule has 144 valence electrons. The Labute approximate surface area is 164 Å². The number of carbonyl (C=O) groups is 1. The molecule has 3 aromatic rings. The maximum atomic E-state index is 13.8. The molecule has 0 aliphatic heterocycles. The molecule has 0 aliphatic rings. The number of furan rings is 1. The van der Waals surface area contributed by atoms with Crippen LogP contribution in [0.15, 0.2) is 58.0 Å². The van der Waals surface area contributed by atoms with Crippen LogP contribution in [0.4, 0.5) is 10.1 Å². The number of nitrogens with one attached hydrogen (secondary N) is 1. The van der Waals surface area contributed by atoms with E-state index in [2.05, 4.69) is 10.5 Å². The molecule has 1 amide bonds. The lowest BCUT2D eigenvalue weighted by molar-refractivity contribution is -0.385. The van der Waals surface area contributed by atoms with E-state index >= 15 is 0 Å². The number of nitro benzene ring substituents is 1. The number of hydrogen-bond acceptors (Lipinski definition) is 6. The number of carbonyl (C=O) groups excluding carboxylic acids is 1. The molecule has 1 N–H and O–H groups in total. The van der Waals surface area contributed by atoms with E-state index in [1.165, 1.54) is 24.4 Å². The van der Waals surface area contributed by atoms with Gasteiger partial charge in [-0.3, -0.25) is 14.9 Å². The van der Waals surface area contributed by atoms with Crippen molar-refractivity contribution < 1.29 is 18.5 Å². The second-order valence-corrected chi connectivity index (χ2v) is 5.97. The lowest BCUT2D eigenvalue weighted by Gasteiger charge is -2.01. The Morgan fingerprint density at radius 1 is 1.28 bits per heavy atom. The van der Waals surface area contributed by atoms with Crippen molar-refractivity contribution in [3.8, 4) is 17.4 Å². The van der Waals surface area contributed by atoms with E-state index in [9.17, 15) is 19.3 Å². The molecule has 3 rings (SSSR count). The van der Waals surface area contributed by atoms with E-state index in [0.29, 0.717) is 16.9 Å². The highest BCUT2D eigenvalue weighted by Gasteiger charge is 2.14. The van der Waals surface area contributed by atoms with Crippen molar-refractivity contribution in [3.05, 3.63) is 86.9 Å². The summed E-state index contributed by atoms with van der Waals surface area (Å²) in [6, 6.07) is 13.1. The first kappa shape index (κ1) is 19.4. The molecule has 1 aromatic heterocycles. The fraction of sp³-hybridized carbons (Fsp3) is 0.0500. The molecule has 29 heavy (non-hydrogen) atoms. The van der Waals surface area contributed by atoms with E-state index < -0.39 is 16.6 Å². The summed E-state index contributed by atoms with van der Waals surface area (Å²) in [6.45, 7) is 1.64. The fourth-order valence-corrected chi connectivity index (χ4v) is 2.52. The van der Waals surface area contributed by atoms with Crippen LogP contribution in [0.25, 0.3) is 11.3 Å². The minimum Gasteiger partial charge on any atom is -0.455 e. The van der Waals surface area contributed by atoms with Gasteiger partial charge in [0.25, 0.3) is 11.6 Å². The number of hydrogen-bond donors (Lipinski definition) is 1. The number of hydrazone groups is 1. The van der Waals surface area contributed by atoms with Gasteiger partial charge < -0.3 is 4.42 Å². The van der Waals surface area contributed by atoms with Crippen LogP contribution < -0.4 is 5.43 Å². The molecule has 0 aliphatic carbocycles. The second-order valence-electron chi connectivity index (χ2n) is 5.97. The SMILES string of the molecule is Cc1ccc(-c2ccc(/C=N\NC(=O)c3ccc(C#N)cc3F)o2)cc1[N+](=O)[O-]. The molecule has 2 aromatic carbocycles. The molecule has 0 bridgehead atoms. The monoisotopic (exact) mass is 392 g/mol. The number of halogens is 1. The van der Waals surface area contributed by atoms with E-state index in [4.69, 9.17) is 9.68 Å².